The van der Waals surface area contributed by atoms with Gasteiger partial charge in [0.15, 0.2) is 11.5 Å². The van der Waals surface area contributed by atoms with E-state index in [1.54, 1.807) is 0 Å². The van der Waals surface area contributed by atoms with Crippen LogP contribution in [0.15, 0.2) is 18.2 Å². The molecule has 1 unspecified atom stereocenters. The average molecular weight is 236 g/mol. The molecular weight excluding hydrogens is 216 g/mol. The van der Waals surface area contributed by atoms with Crippen molar-refractivity contribution in [3.63, 3.8) is 0 Å². The molecule has 0 aromatic heterocycles. The fourth-order valence-electron chi connectivity index (χ4n) is 2.05. The summed E-state index contributed by atoms with van der Waals surface area (Å²) in [7, 11) is 0. The van der Waals surface area contributed by atoms with Gasteiger partial charge >= 0.3 is 0 Å². The molecule has 1 aliphatic heterocycles. The van der Waals surface area contributed by atoms with Crippen LogP contribution in [0.4, 0.5) is 0 Å². The fraction of sp³-hybridized carbons (Fsp3) is 0.538. The maximum absolute atomic E-state index is 5.67. The van der Waals surface area contributed by atoms with Gasteiger partial charge in [0.1, 0.15) is 0 Å². The number of nitrogens with one attached hydrogen (secondary N) is 1. The molecule has 1 heterocycles. The number of hydrazine groups is 1. The highest BCUT2D eigenvalue weighted by Crippen LogP contribution is 2.33. The first-order valence-corrected chi connectivity index (χ1v) is 6.08. The Morgan fingerprint density at radius 1 is 1.18 bits per heavy atom. The van der Waals surface area contributed by atoms with Gasteiger partial charge in [0, 0.05) is 12.5 Å². The van der Waals surface area contributed by atoms with Gasteiger partial charge in [0.2, 0.25) is 0 Å². The molecule has 1 aromatic rings. The third-order valence-corrected chi connectivity index (χ3v) is 2.98. The van der Waals surface area contributed by atoms with Gasteiger partial charge in [0.05, 0.1) is 13.2 Å². The van der Waals surface area contributed by atoms with Gasteiger partial charge in [-0.05, 0) is 23.6 Å². The zero-order valence-corrected chi connectivity index (χ0v) is 10.4. The van der Waals surface area contributed by atoms with Crippen molar-refractivity contribution in [2.45, 2.75) is 26.3 Å². The first kappa shape index (κ1) is 12.2. The van der Waals surface area contributed by atoms with E-state index in [9.17, 15) is 0 Å². The van der Waals surface area contributed by atoms with Crippen molar-refractivity contribution in [2.24, 2.45) is 11.8 Å². The molecule has 17 heavy (non-hydrogen) atoms. The Morgan fingerprint density at radius 2 is 1.88 bits per heavy atom. The molecule has 0 fully saturated rings. The van der Waals surface area contributed by atoms with Crippen molar-refractivity contribution >= 4 is 0 Å². The Kier molecular flexibility index (Phi) is 3.86. The van der Waals surface area contributed by atoms with E-state index in [2.05, 4.69) is 19.3 Å². The van der Waals surface area contributed by atoms with E-state index in [1.807, 2.05) is 18.2 Å². The molecule has 0 bridgehead atoms. The SMILES string of the molecule is CC(C)C(NN)c1ccc2c(c1)OCCCO2. The van der Waals surface area contributed by atoms with E-state index in [-0.39, 0.29) is 6.04 Å². The lowest BCUT2D eigenvalue weighted by Gasteiger charge is -2.21. The minimum atomic E-state index is 0.132. The third-order valence-electron chi connectivity index (χ3n) is 2.98. The standard InChI is InChI=1S/C13H20N2O2/c1-9(2)13(15-14)10-4-5-11-12(8-10)17-7-3-6-16-11/h4-5,8-9,13,15H,3,6-7,14H2,1-2H3. The summed E-state index contributed by atoms with van der Waals surface area (Å²) in [5, 5.41) is 0. The van der Waals surface area contributed by atoms with Gasteiger partial charge in [-0.25, -0.2) is 0 Å². The summed E-state index contributed by atoms with van der Waals surface area (Å²) in [4.78, 5) is 0. The van der Waals surface area contributed by atoms with Crippen molar-refractivity contribution in [3.05, 3.63) is 23.8 Å². The van der Waals surface area contributed by atoms with Crippen LogP contribution in [0.5, 0.6) is 11.5 Å². The minimum absolute atomic E-state index is 0.132. The highest BCUT2D eigenvalue weighted by atomic mass is 16.5. The predicted molar refractivity (Wildman–Crippen MR) is 67.0 cm³/mol. The van der Waals surface area contributed by atoms with Crippen molar-refractivity contribution in [1.82, 2.24) is 5.43 Å². The Bertz CT molecular complexity index is 380. The van der Waals surface area contributed by atoms with E-state index >= 15 is 0 Å². The molecule has 4 heteroatoms. The van der Waals surface area contributed by atoms with E-state index < -0.39 is 0 Å². The lowest BCUT2D eigenvalue weighted by atomic mass is 9.96. The maximum Gasteiger partial charge on any atom is 0.161 e. The van der Waals surface area contributed by atoms with Gasteiger partial charge < -0.3 is 9.47 Å². The number of hydrogen-bond donors (Lipinski definition) is 2. The topological polar surface area (TPSA) is 56.5 Å². The number of fused-ring (bicyclic) bond motifs is 1. The lowest BCUT2D eigenvalue weighted by Crippen LogP contribution is -2.31. The molecule has 94 valence electrons. The monoisotopic (exact) mass is 236 g/mol. The normalized spacial score (nSPS) is 16.7. The Labute approximate surface area is 102 Å². The quantitative estimate of drug-likeness (QED) is 0.622. The van der Waals surface area contributed by atoms with Gasteiger partial charge in [-0.15, -0.1) is 0 Å². The Balaban J connectivity index is 2.28. The van der Waals surface area contributed by atoms with Crippen LogP contribution in [-0.2, 0) is 0 Å². The van der Waals surface area contributed by atoms with Crippen molar-refractivity contribution in [2.75, 3.05) is 13.2 Å². The Hall–Kier alpha value is -1.26. The molecule has 4 nitrogen and oxygen atoms in total. The summed E-state index contributed by atoms with van der Waals surface area (Å²) >= 11 is 0. The van der Waals surface area contributed by atoms with E-state index in [0.29, 0.717) is 12.5 Å². The number of nitrogens with two attached hydrogens (primary N) is 1. The van der Waals surface area contributed by atoms with Gasteiger partial charge in [-0.3, -0.25) is 11.3 Å². The summed E-state index contributed by atoms with van der Waals surface area (Å²) in [5.74, 6) is 7.66. The van der Waals surface area contributed by atoms with Crippen LogP contribution in [-0.4, -0.2) is 13.2 Å². The molecule has 3 N–H and O–H groups in total. The van der Waals surface area contributed by atoms with Crippen LogP contribution >= 0.6 is 0 Å². The average Bonchev–Trinajstić information content (AvgIpc) is 2.54. The minimum Gasteiger partial charge on any atom is -0.490 e. The molecule has 0 saturated carbocycles. The second-order valence-electron chi connectivity index (χ2n) is 4.65. The summed E-state index contributed by atoms with van der Waals surface area (Å²) in [6.07, 6.45) is 0.923. The molecule has 0 amide bonds. The van der Waals surface area contributed by atoms with Crippen LogP contribution in [0.3, 0.4) is 0 Å². The summed E-state index contributed by atoms with van der Waals surface area (Å²) in [5.41, 5.74) is 3.98. The van der Waals surface area contributed by atoms with Gasteiger partial charge in [-0.1, -0.05) is 19.9 Å². The van der Waals surface area contributed by atoms with E-state index in [1.165, 1.54) is 0 Å². The second kappa shape index (κ2) is 5.38. The lowest BCUT2D eigenvalue weighted by molar-refractivity contribution is 0.296. The van der Waals surface area contributed by atoms with Crippen LogP contribution in [0.1, 0.15) is 31.9 Å². The second-order valence-corrected chi connectivity index (χ2v) is 4.65. The molecule has 2 rings (SSSR count). The molecule has 1 aromatic carbocycles. The van der Waals surface area contributed by atoms with Crippen LogP contribution in [0.25, 0.3) is 0 Å². The number of ether oxygens (including phenoxy) is 2. The Morgan fingerprint density at radius 3 is 2.53 bits per heavy atom. The van der Waals surface area contributed by atoms with Crippen LogP contribution < -0.4 is 20.7 Å². The molecule has 0 spiro atoms. The maximum atomic E-state index is 5.67. The van der Waals surface area contributed by atoms with E-state index in [4.69, 9.17) is 15.3 Å². The molecule has 0 radical (unpaired) electrons. The molecule has 1 aliphatic rings. The smallest absolute Gasteiger partial charge is 0.161 e. The van der Waals surface area contributed by atoms with Crippen molar-refractivity contribution in [3.8, 4) is 11.5 Å². The fourth-order valence-corrected chi connectivity index (χ4v) is 2.05. The van der Waals surface area contributed by atoms with Crippen molar-refractivity contribution in [1.29, 1.82) is 0 Å². The number of hydrogen-bond acceptors (Lipinski definition) is 4. The van der Waals surface area contributed by atoms with Gasteiger partial charge in [0.25, 0.3) is 0 Å². The van der Waals surface area contributed by atoms with E-state index in [0.717, 1.165) is 30.1 Å². The number of rotatable bonds is 3. The molecule has 0 saturated heterocycles. The largest absolute Gasteiger partial charge is 0.490 e. The van der Waals surface area contributed by atoms with Gasteiger partial charge in [-0.2, -0.15) is 0 Å². The third kappa shape index (κ3) is 2.70. The first-order chi connectivity index (χ1) is 8.22. The summed E-state index contributed by atoms with van der Waals surface area (Å²) < 4.78 is 11.3. The van der Waals surface area contributed by atoms with Crippen molar-refractivity contribution < 1.29 is 9.47 Å². The summed E-state index contributed by atoms with van der Waals surface area (Å²) in [6.45, 7) is 5.69. The zero-order chi connectivity index (χ0) is 12.3. The first-order valence-electron chi connectivity index (χ1n) is 6.08. The molecule has 0 aliphatic carbocycles. The number of benzene rings is 1. The molecular formula is C13H20N2O2. The summed E-state index contributed by atoms with van der Waals surface area (Å²) in [6, 6.07) is 6.15. The highest BCUT2D eigenvalue weighted by molar-refractivity contribution is 5.44. The zero-order valence-electron chi connectivity index (χ0n) is 10.4. The van der Waals surface area contributed by atoms with Crippen LogP contribution in [0.2, 0.25) is 0 Å². The highest BCUT2D eigenvalue weighted by Gasteiger charge is 2.17. The predicted octanol–water partition coefficient (Wildman–Crippen LogP) is 2.01. The van der Waals surface area contributed by atoms with Crippen LogP contribution in [0, 0.1) is 5.92 Å². The molecule has 1 atom stereocenters.